The lowest BCUT2D eigenvalue weighted by molar-refractivity contribution is -0.104. The van der Waals surface area contributed by atoms with Crippen molar-refractivity contribution in [2.75, 3.05) is 0 Å². The normalized spacial score (nSPS) is 11.0. The minimum absolute atomic E-state index is 0.645. The van der Waals surface area contributed by atoms with Crippen LogP contribution in [0.3, 0.4) is 0 Å². The van der Waals surface area contributed by atoms with Gasteiger partial charge in [0.2, 0.25) is 0 Å². The molecule has 66 valence electrons. The van der Waals surface area contributed by atoms with Gasteiger partial charge in [-0.25, -0.2) is 0 Å². The Morgan fingerprint density at radius 1 is 1.31 bits per heavy atom. The lowest BCUT2D eigenvalue weighted by Crippen LogP contribution is -1.85. The second kappa shape index (κ2) is 4.41. The monoisotopic (exact) mass is 172 g/mol. The van der Waals surface area contributed by atoms with E-state index in [0.29, 0.717) is 5.57 Å². The largest absolute Gasteiger partial charge is 0.298 e. The maximum absolute atomic E-state index is 10.6. The van der Waals surface area contributed by atoms with Crippen molar-refractivity contribution in [1.82, 2.24) is 0 Å². The van der Waals surface area contributed by atoms with Crippen molar-refractivity contribution in [2.45, 2.75) is 6.92 Å². The van der Waals surface area contributed by atoms with E-state index in [1.807, 2.05) is 43.3 Å². The zero-order valence-corrected chi connectivity index (χ0v) is 7.66. The zero-order valence-electron chi connectivity index (χ0n) is 7.66. The Morgan fingerprint density at radius 3 is 2.38 bits per heavy atom. The molecule has 0 saturated carbocycles. The van der Waals surface area contributed by atoms with E-state index in [2.05, 4.69) is 6.58 Å². The number of aldehydes is 1. The summed E-state index contributed by atoms with van der Waals surface area (Å²) in [6.45, 7) is 5.55. The van der Waals surface area contributed by atoms with E-state index < -0.39 is 0 Å². The van der Waals surface area contributed by atoms with Crippen molar-refractivity contribution in [3.05, 3.63) is 53.6 Å². The van der Waals surface area contributed by atoms with Crippen molar-refractivity contribution >= 4 is 12.4 Å². The van der Waals surface area contributed by atoms with Gasteiger partial charge in [-0.05, 0) is 24.1 Å². The molecule has 1 rings (SSSR count). The highest BCUT2D eigenvalue weighted by atomic mass is 16.1. The van der Waals surface area contributed by atoms with Crippen LogP contribution < -0.4 is 0 Å². The first-order chi connectivity index (χ1) is 6.24. The molecular formula is C12H12O. The van der Waals surface area contributed by atoms with Crippen molar-refractivity contribution < 1.29 is 4.79 Å². The second-order valence-electron chi connectivity index (χ2n) is 2.91. The van der Waals surface area contributed by atoms with Gasteiger partial charge in [0.05, 0.1) is 0 Å². The van der Waals surface area contributed by atoms with Crippen molar-refractivity contribution in [3.8, 4) is 0 Å². The number of hydrogen-bond donors (Lipinski definition) is 0. The number of carbonyl (C=O) groups is 1. The Kier molecular flexibility index (Phi) is 3.21. The van der Waals surface area contributed by atoms with Crippen LogP contribution in [-0.2, 0) is 4.79 Å². The van der Waals surface area contributed by atoms with Crippen LogP contribution in [0.1, 0.15) is 12.5 Å². The first kappa shape index (κ1) is 9.46. The molecule has 1 aromatic carbocycles. The smallest absolute Gasteiger partial charge is 0.150 e. The third kappa shape index (κ3) is 2.71. The molecule has 0 aliphatic carbocycles. The summed E-state index contributed by atoms with van der Waals surface area (Å²) >= 11 is 0. The molecule has 1 aromatic rings. The van der Waals surface area contributed by atoms with Gasteiger partial charge in [-0.3, -0.25) is 4.79 Å². The summed E-state index contributed by atoms with van der Waals surface area (Å²) in [5.74, 6) is 0. The fourth-order valence-corrected chi connectivity index (χ4v) is 0.987. The van der Waals surface area contributed by atoms with Crippen LogP contribution in [0.2, 0.25) is 0 Å². The zero-order chi connectivity index (χ0) is 9.68. The third-order valence-corrected chi connectivity index (χ3v) is 1.74. The number of benzene rings is 1. The van der Waals surface area contributed by atoms with E-state index in [0.717, 1.165) is 17.4 Å². The van der Waals surface area contributed by atoms with Gasteiger partial charge in [-0.2, -0.15) is 0 Å². The maximum Gasteiger partial charge on any atom is 0.150 e. The molecule has 0 aromatic heterocycles. The van der Waals surface area contributed by atoms with Crippen LogP contribution in [0.25, 0.3) is 6.08 Å². The van der Waals surface area contributed by atoms with Gasteiger partial charge in [0, 0.05) is 5.57 Å². The summed E-state index contributed by atoms with van der Waals surface area (Å²) in [5, 5.41) is 0. The van der Waals surface area contributed by atoms with Gasteiger partial charge in [-0.1, -0.05) is 36.9 Å². The van der Waals surface area contributed by atoms with Gasteiger partial charge in [0.15, 0.2) is 0 Å². The molecule has 0 atom stereocenters. The number of allylic oxidation sites excluding steroid dienone is 2. The lowest BCUT2D eigenvalue weighted by atomic mass is 10.1. The molecule has 1 heteroatoms. The molecule has 13 heavy (non-hydrogen) atoms. The Hall–Kier alpha value is -1.63. The molecule has 0 N–H and O–H groups in total. The maximum atomic E-state index is 10.6. The van der Waals surface area contributed by atoms with Crippen molar-refractivity contribution in [2.24, 2.45) is 0 Å². The predicted molar refractivity (Wildman–Crippen MR) is 55.3 cm³/mol. The SMILES string of the molecule is C=C(C)/C(C=O)=C/c1ccccc1. The highest BCUT2D eigenvalue weighted by Gasteiger charge is 1.95. The molecule has 0 amide bonds. The van der Waals surface area contributed by atoms with Crippen molar-refractivity contribution in [1.29, 1.82) is 0 Å². The predicted octanol–water partition coefficient (Wildman–Crippen LogP) is 2.85. The number of carbonyl (C=O) groups excluding carboxylic acids is 1. The Balaban J connectivity index is 2.98. The molecule has 0 heterocycles. The Labute approximate surface area is 78.4 Å². The summed E-state index contributed by atoms with van der Waals surface area (Å²) in [5.41, 5.74) is 2.46. The van der Waals surface area contributed by atoms with E-state index in [1.165, 1.54) is 0 Å². The molecule has 0 spiro atoms. The van der Waals surface area contributed by atoms with E-state index in [1.54, 1.807) is 0 Å². The van der Waals surface area contributed by atoms with Gasteiger partial charge in [0.25, 0.3) is 0 Å². The summed E-state index contributed by atoms with van der Waals surface area (Å²) in [4.78, 5) is 10.6. The minimum Gasteiger partial charge on any atom is -0.298 e. The van der Waals surface area contributed by atoms with Crippen LogP contribution in [0.5, 0.6) is 0 Å². The minimum atomic E-state index is 0.645. The summed E-state index contributed by atoms with van der Waals surface area (Å²) < 4.78 is 0. The fraction of sp³-hybridized carbons (Fsp3) is 0.0833. The highest BCUT2D eigenvalue weighted by Crippen LogP contribution is 2.10. The average molecular weight is 172 g/mol. The van der Waals surface area contributed by atoms with E-state index in [9.17, 15) is 4.79 Å². The molecule has 1 nitrogen and oxygen atoms in total. The standard InChI is InChI=1S/C12H12O/c1-10(2)12(9-13)8-11-6-4-3-5-7-11/h3-9H,1H2,2H3/b12-8+. The molecule has 0 bridgehead atoms. The molecule has 0 fully saturated rings. The van der Waals surface area contributed by atoms with Crippen LogP contribution >= 0.6 is 0 Å². The van der Waals surface area contributed by atoms with Crippen molar-refractivity contribution in [3.63, 3.8) is 0 Å². The van der Waals surface area contributed by atoms with Gasteiger partial charge in [0.1, 0.15) is 6.29 Å². The highest BCUT2D eigenvalue weighted by molar-refractivity contribution is 5.87. The molecule has 0 saturated heterocycles. The number of hydrogen-bond acceptors (Lipinski definition) is 1. The quantitative estimate of drug-likeness (QED) is 0.389. The third-order valence-electron chi connectivity index (χ3n) is 1.74. The first-order valence-corrected chi connectivity index (χ1v) is 4.12. The summed E-state index contributed by atoms with van der Waals surface area (Å²) in [6, 6.07) is 9.72. The molecular weight excluding hydrogens is 160 g/mol. The summed E-state index contributed by atoms with van der Waals surface area (Å²) in [6.07, 6.45) is 2.66. The average Bonchev–Trinajstić information content (AvgIpc) is 2.15. The number of rotatable bonds is 3. The molecule has 0 aliphatic heterocycles. The second-order valence-corrected chi connectivity index (χ2v) is 2.91. The Morgan fingerprint density at radius 2 is 1.92 bits per heavy atom. The Bertz CT molecular complexity index is 333. The topological polar surface area (TPSA) is 17.1 Å². The van der Waals surface area contributed by atoms with Crippen LogP contribution in [0.15, 0.2) is 48.1 Å². The molecule has 0 aliphatic rings. The van der Waals surface area contributed by atoms with Crippen LogP contribution in [-0.4, -0.2) is 6.29 Å². The van der Waals surface area contributed by atoms with E-state index in [4.69, 9.17) is 0 Å². The van der Waals surface area contributed by atoms with E-state index in [-0.39, 0.29) is 0 Å². The van der Waals surface area contributed by atoms with Gasteiger partial charge >= 0.3 is 0 Å². The molecule has 0 radical (unpaired) electrons. The van der Waals surface area contributed by atoms with Crippen LogP contribution in [0, 0.1) is 0 Å². The molecule has 0 unspecified atom stereocenters. The summed E-state index contributed by atoms with van der Waals surface area (Å²) in [7, 11) is 0. The van der Waals surface area contributed by atoms with Crippen LogP contribution in [0.4, 0.5) is 0 Å². The lowest BCUT2D eigenvalue weighted by Gasteiger charge is -1.97. The van der Waals surface area contributed by atoms with Gasteiger partial charge in [-0.15, -0.1) is 0 Å². The van der Waals surface area contributed by atoms with E-state index >= 15 is 0 Å². The van der Waals surface area contributed by atoms with Gasteiger partial charge < -0.3 is 0 Å². The first-order valence-electron chi connectivity index (χ1n) is 4.12. The fourth-order valence-electron chi connectivity index (χ4n) is 0.987.